The quantitative estimate of drug-likeness (QED) is 0.505. The van der Waals surface area contributed by atoms with Crippen molar-refractivity contribution >= 4 is 11.6 Å². The number of ether oxygens (including phenoxy) is 1. The molecule has 0 unspecified atom stereocenters. The second-order valence-corrected chi connectivity index (χ2v) is 6.97. The molecule has 0 fully saturated rings. The molecule has 3 heterocycles. The van der Waals surface area contributed by atoms with Gasteiger partial charge in [-0.2, -0.15) is 0 Å². The summed E-state index contributed by atoms with van der Waals surface area (Å²) in [6.45, 7) is 4.50. The van der Waals surface area contributed by atoms with Crippen LogP contribution in [0.15, 0.2) is 53.3 Å². The number of imidazole rings is 1. The van der Waals surface area contributed by atoms with Crippen molar-refractivity contribution < 1.29 is 18.4 Å². The number of benzene rings is 1. The van der Waals surface area contributed by atoms with Crippen LogP contribution in [0.25, 0.3) is 5.65 Å². The molecule has 0 aliphatic heterocycles. The lowest BCUT2D eigenvalue weighted by Crippen LogP contribution is -2.25. The molecule has 3 aromatic heterocycles. The number of fused-ring (bicyclic) bond motifs is 1. The molecular formula is C22H21FN4O3. The molecule has 1 amide bonds. The molecule has 1 N–H and O–H groups in total. The van der Waals surface area contributed by atoms with Crippen molar-refractivity contribution in [3.63, 3.8) is 0 Å². The van der Waals surface area contributed by atoms with Gasteiger partial charge in [0.25, 0.3) is 5.91 Å². The van der Waals surface area contributed by atoms with Gasteiger partial charge in [0.1, 0.15) is 29.6 Å². The number of aryl methyl sites for hydroxylation is 2. The summed E-state index contributed by atoms with van der Waals surface area (Å²) in [6, 6.07) is 9.92. The third kappa shape index (κ3) is 4.32. The third-order valence-corrected chi connectivity index (χ3v) is 4.81. The molecule has 154 valence electrons. The van der Waals surface area contributed by atoms with Crippen LogP contribution < -0.4 is 10.1 Å². The van der Waals surface area contributed by atoms with E-state index >= 15 is 0 Å². The van der Waals surface area contributed by atoms with Crippen molar-refractivity contribution in [3.05, 3.63) is 82.9 Å². The molecule has 0 radical (unpaired) electrons. The highest BCUT2D eigenvalue weighted by molar-refractivity contribution is 5.94. The van der Waals surface area contributed by atoms with E-state index in [2.05, 4.69) is 15.5 Å². The van der Waals surface area contributed by atoms with Crippen LogP contribution in [0.3, 0.4) is 0 Å². The number of nitrogens with one attached hydrogen (secondary N) is 1. The highest BCUT2D eigenvalue weighted by Gasteiger charge is 2.10. The number of carbonyl (C=O) groups is 1. The van der Waals surface area contributed by atoms with Crippen LogP contribution in [0.4, 0.5) is 4.39 Å². The van der Waals surface area contributed by atoms with E-state index in [1.165, 1.54) is 12.3 Å². The van der Waals surface area contributed by atoms with Crippen LogP contribution in [0.5, 0.6) is 5.75 Å². The number of pyridine rings is 1. The minimum atomic E-state index is -0.320. The van der Waals surface area contributed by atoms with Crippen molar-refractivity contribution in [2.45, 2.75) is 26.9 Å². The molecule has 0 saturated carbocycles. The Hall–Kier alpha value is -3.68. The standard InChI is InChI=1S/C22H21FN4O3/c1-14-20(15(2)30-26-14)13-29-19-6-3-16(4-7-19)22(28)24-10-9-18-12-27-11-17(23)5-8-21(27)25-18/h3-8,11-12H,9-10,13H2,1-2H3,(H,24,28). The Bertz CT molecular complexity index is 1160. The van der Waals surface area contributed by atoms with E-state index < -0.39 is 0 Å². The lowest BCUT2D eigenvalue weighted by atomic mass is 10.2. The summed E-state index contributed by atoms with van der Waals surface area (Å²) >= 11 is 0. The fourth-order valence-electron chi connectivity index (χ4n) is 3.11. The van der Waals surface area contributed by atoms with Crippen LogP contribution in [0, 0.1) is 19.7 Å². The predicted octanol–water partition coefficient (Wildman–Crippen LogP) is 3.63. The van der Waals surface area contributed by atoms with Gasteiger partial charge < -0.3 is 19.0 Å². The van der Waals surface area contributed by atoms with Crippen LogP contribution >= 0.6 is 0 Å². The topological polar surface area (TPSA) is 81.7 Å². The van der Waals surface area contributed by atoms with Gasteiger partial charge in [-0.15, -0.1) is 0 Å². The lowest BCUT2D eigenvalue weighted by molar-refractivity contribution is 0.0954. The number of carbonyl (C=O) groups excluding carboxylic acids is 1. The monoisotopic (exact) mass is 408 g/mol. The summed E-state index contributed by atoms with van der Waals surface area (Å²) in [6.07, 6.45) is 3.68. The molecule has 30 heavy (non-hydrogen) atoms. The van der Waals surface area contributed by atoms with Gasteiger partial charge in [0.15, 0.2) is 0 Å². The second-order valence-electron chi connectivity index (χ2n) is 6.97. The third-order valence-electron chi connectivity index (χ3n) is 4.81. The van der Waals surface area contributed by atoms with Crippen LogP contribution in [-0.2, 0) is 13.0 Å². The smallest absolute Gasteiger partial charge is 0.251 e. The van der Waals surface area contributed by atoms with Crippen LogP contribution in [0.2, 0.25) is 0 Å². The maximum absolute atomic E-state index is 13.3. The molecular weight excluding hydrogens is 387 g/mol. The van der Waals surface area contributed by atoms with E-state index in [0.717, 1.165) is 22.7 Å². The fourth-order valence-corrected chi connectivity index (χ4v) is 3.11. The maximum Gasteiger partial charge on any atom is 0.251 e. The zero-order chi connectivity index (χ0) is 21.1. The van der Waals surface area contributed by atoms with Gasteiger partial charge in [-0.1, -0.05) is 5.16 Å². The van der Waals surface area contributed by atoms with Gasteiger partial charge in [0, 0.05) is 30.9 Å². The minimum absolute atomic E-state index is 0.179. The largest absolute Gasteiger partial charge is 0.489 e. The molecule has 0 spiro atoms. The van der Waals surface area contributed by atoms with Gasteiger partial charge in [0.2, 0.25) is 0 Å². The highest BCUT2D eigenvalue weighted by Crippen LogP contribution is 2.18. The highest BCUT2D eigenvalue weighted by atomic mass is 19.1. The molecule has 0 saturated heterocycles. The van der Waals surface area contributed by atoms with Crippen molar-refractivity contribution in [2.24, 2.45) is 0 Å². The summed E-state index contributed by atoms with van der Waals surface area (Å²) in [7, 11) is 0. The average molecular weight is 408 g/mol. The zero-order valence-corrected chi connectivity index (χ0v) is 16.7. The normalized spacial score (nSPS) is 11.0. The van der Waals surface area contributed by atoms with Gasteiger partial charge >= 0.3 is 0 Å². The van der Waals surface area contributed by atoms with Crippen molar-refractivity contribution in [3.8, 4) is 5.75 Å². The van der Waals surface area contributed by atoms with Gasteiger partial charge in [0.05, 0.1) is 17.0 Å². The SMILES string of the molecule is Cc1noc(C)c1COc1ccc(C(=O)NCCc2cn3cc(F)ccc3n2)cc1. The Kier molecular flexibility index (Phi) is 5.47. The Morgan fingerprint density at radius 3 is 2.70 bits per heavy atom. The molecule has 0 atom stereocenters. The first kappa shape index (κ1) is 19.6. The number of amides is 1. The van der Waals surface area contributed by atoms with Crippen LogP contribution in [-0.4, -0.2) is 27.0 Å². The molecule has 0 aliphatic rings. The zero-order valence-electron chi connectivity index (χ0n) is 16.7. The van der Waals surface area contributed by atoms with E-state index in [1.807, 2.05) is 13.8 Å². The predicted molar refractivity (Wildman–Crippen MR) is 108 cm³/mol. The second kappa shape index (κ2) is 8.36. The number of aromatic nitrogens is 3. The number of halogens is 1. The molecule has 4 aromatic rings. The fraction of sp³-hybridized carbons (Fsp3) is 0.227. The number of nitrogens with zero attached hydrogens (tertiary/aromatic N) is 3. The van der Waals surface area contributed by atoms with Gasteiger partial charge in [-0.3, -0.25) is 4.79 Å². The molecule has 0 aliphatic carbocycles. The summed E-state index contributed by atoms with van der Waals surface area (Å²) in [5, 5.41) is 6.77. The first-order chi connectivity index (χ1) is 14.5. The first-order valence-corrected chi connectivity index (χ1v) is 9.55. The van der Waals surface area contributed by atoms with Crippen molar-refractivity contribution in [2.75, 3.05) is 6.54 Å². The molecule has 0 bridgehead atoms. The summed E-state index contributed by atoms with van der Waals surface area (Å²) in [4.78, 5) is 16.8. The average Bonchev–Trinajstić information content (AvgIpc) is 3.28. The lowest BCUT2D eigenvalue weighted by Gasteiger charge is -2.08. The Labute approximate surface area is 172 Å². The van der Waals surface area contributed by atoms with E-state index in [-0.39, 0.29) is 11.7 Å². The molecule has 1 aromatic carbocycles. The van der Waals surface area contributed by atoms with E-state index in [0.29, 0.717) is 36.5 Å². The summed E-state index contributed by atoms with van der Waals surface area (Å²) < 4.78 is 25.8. The number of hydrogen-bond acceptors (Lipinski definition) is 5. The van der Waals surface area contributed by atoms with E-state index in [9.17, 15) is 9.18 Å². The van der Waals surface area contributed by atoms with Crippen LogP contribution in [0.1, 0.15) is 33.1 Å². The first-order valence-electron chi connectivity index (χ1n) is 9.55. The minimum Gasteiger partial charge on any atom is -0.489 e. The Balaban J connectivity index is 1.29. The van der Waals surface area contributed by atoms with E-state index in [1.54, 1.807) is 40.9 Å². The Morgan fingerprint density at radius 1 is 1.17 bits per heavy atom. The molecule has 8 heteroatoms. The number of rotatable bonds is 7. The number of hydrogen-bond donors (Lipinski definition) is 1. The molecule has 7 nitrogen and oxygen atoms in total. The van der Waals surface area contributed by atoms with Gasteiger partial charge in [-0.25, -0.2) is 9.37 Å². The van der Waals surface area contributed by atoms with E-state index in [4.69, 9.17) is 9.26 Å². The van der Waals surface area contributed by atoms with Gasteiger partial charge in [-0.05, 0) is 50.2 Å². The molecule has 4 rings (SSSR count). The Morgan fingerprint density at radius 2 is 1.97 bits per heavy atom. The maximum atomic E-state index is 13.3. The van der Waals surface area contributed by atoms with Crippen molar-refractivity contribution in [1.82, 2.24) is 19.9 Å². The summed E-state index contributed by atoms with van der Waals surface area (Å²) in [5.74, 6) is 0.892. The van der Waals surface area contributed by atoms with Crippen molar-refractivity contribution in [1.29, 1.82) is 0 Å². The summed E-state index contributed by atoms with van der Waals surface area (Å²) in [5.41, 5.74) is 3.72.